The number of rotatable bonds is 6. The lowest BCUT2D eigenvalue weighted by molar-refractivity contribution is 0.244. The molecule has 2 rings (SSSR count). The molecule has 0 fully saturated rings. The van der Waals surface area contributed by atoms with E-state index in [1.807, 2.05) is 38.2 Å². The Morgan fingerprint density at radius 2 is 2.16 bits per heavy atom. The molecule has 0 spiro atoms. The number of hydrogen-bond acceptors (Lipinski definition) is 5. The molecule has 0 saturated heterocycles. The minimum atomic E-state index is -0.0715. The molecule has 0 aliphatic rings. The van der Waals surface area contributed by atoms with Gasteiger partial charge in [0.05, 0.1) is 23.1 Å². The largest absolute Gasteiger partial charge is 0.490 e. The summed E-state index contributed by atoms with van der Waals surface area (Å²) in [5.41, 5.74) is 0.729. The van der Waals surface area contributed by atoms with Gasteiger partial charge in [0.15, 0.2) is 11.5 Å². The lowest BCUT2D eigenvalue weighted by Crippen LogP contribution is -2.01. The molecular weight excluding hydrogens is 262 g/mol. The molecule has 0 unspecified atom stereocenters. The standard InChI is InChI=1S/C14H17NO3S/c1-3-17-13-6-4-5-11(8-16)14(13)18-9-12-7-15-10(2)19-12/h4-7,16H,3,8-9H2,1-2H3. The van der Waals surface area contributed by atoms with Crippen LogP contribution in [0.15, 0.2) is 24.4 Å². The Morgan fingerprint density at radius 3 is 2.79 bits per heavy atom. The van der Waals surface area contributed by atoms with Crippen molar-refractivity contribution in [2.24, 2.45) is 0 Å². The summed E-state index contributed by atoms with van der Waals surface area (Å²) in [4.78, 5) is 5.24. The van der Waals surface area contributed by atoms with Gasteiger partial charge in [-0.15, -0.1) is 11.3 Å². The number of aliphatic hydroxyl groups excluding tert-OH is 1. The number of hydrogen-bond donors (Lipinski definition) is 1. The number of para-hydroxylation sites is 1. The van der Waals surface area contributed by atoms with Crippen LogP contribution < -0.4 is 9.47 Å². The Morgan fingerprint density at radius 1 is 1.32 bits per heavy atom. The molecule has 0 atom stereocenters. The highest BCUT2D eigenvalue weighted by molar-refractivity contribution is 7.11. The van der Waals surface area contributed by atoms with Crippen LogP contribution in [0.5, 0.6) is 11.5 Å². The average Bonchev–Trinajstić information content (AvgIpc) is 2.83. The maximum atomic E-state index is 9.37. The van der Waals surface area contributed by atoms with Gasteiger partial charge < -0.3 is 14.6 Å². The van der Waals surface area contributed by atoms with Crippen LogP contribution in [0.2, 0.25) is 0 Å². The summed E-state index contributed by atoms with van der Waals surface area (Å²) in [7, 11) is 0. The first-order valence-corrected chi connectivity index (χ1v) is 6.96. The second-order valence-electron chi connectivity index (χ2n) is 3.97. The molecule has 0 aliphatic heterocycles. The Labute approximate surface area is 116 Å². The maximum absolute atomic E-state index is 9.37. The third-order valence-electron chi connectivity index (χ3n) is 2.56. The lowest BCUT2D eigenvalue weighted by atomic mass is 10.2. The lowest BCUT2D eigenvalue weighted by Gasteiger charge is -2.14. The molecule has 0 aliphatic carbocycles. The second-order valence-corrected chi connectivity index (χ2v) is 5.29. The van der Waals surface area contributed by atoms with Gasteiger partial charge in [-0.05, 0) is 19.9 Å². The quantitative estimate of drug-likeness (QED) is 0.883. The molecule has 0 saturated carbocycles. The molecule has 19 heavy (non-hydrogen) atoms. The van der Waals surface area contributed by atoms with Crippen LogP contribution in [-0.4, -0.2) is 16.7 Å². The number of aromatic nitrogens is 1. The van der Waals surface area contributed by atoms with Gasteiger partial charge in [0.25, 0.3) is 0 Å². The molecule has 1 heterocycles. The molecule has 1 aromatic heterocycles. The Kier molecular flexibility index (Phi) is 4.76. The van der Waals surface area contributed by atoms with E-state index in [-0.39, 0.29) is 6.61 Å². The number of thiazole rings is 1. The zero-order chi connectivity index (χ0) is 13.7. The normalized spacial score (nSPS) is 10.5. The van der Waals surface area contributed by atoms with Gasteiger partial charge in [0.1, 0.15) is 6.61 Å². The van der Waals surface area contributed by atoms with Gasteiger partial charge >= 0.3 is 0 Å². The zero-order valence-corrected chi connectivity index (χ0v) is 11.9. The number of aliphatic hydroxyl groups is 1. The van der Waals surface area contributed by atoms with Crippen LogP contribution in [0.25, 0.3) is 0 Å². The zero-order valence-electron chi connectivity index (χ0n) is 11.0. The van der Waals surface area contributed by atoms with Crippen LogP contribution >= 0.6 is 11.3 Å². The first kappa shape index (κ1) is 13.8. The fourth-order valence-electron chi connectivity index (χ4n) is 1.73. The SMILES string of the molecule is CCOc1cccc(CO)c1OCc1cnc(C)s1. The first-order valence-electron chi connectivity index (χ1n) is 6.14. The average molecular weight is 279 g/mol. The van der Waals surface area contributed by atoms with Crippen molar-refractivity contribution in [3.8, 4) is 11.5 Å². The van der Waals surface area contributed by atoms with E-state index in [1.54, 1.807) is 11.3 Å². The monoisotopic (exact) mass is 279 g/mol. The Bertz CT molecular complexity index is 539. The number of ether oxygens (including phenoxy) is 2. The van der Waals surface area contributed by atoms with Crippen molar-refractivity contribution in [2.75, 3.05) is 6.61 Å². The van der Waals surface area contributed by atoms with Crippen molar-refractivity contribution in [2.45, 2.75) is 27.1 Å². The molecule has 0 bridgehead atoms. The summed E-state index contributed by atoms with van der Waals surface area (Å²) < 4.78 is 11.3. The molecule has 2 aromatic rings. The Hall–Kier alpha value is -1.59. The summed E-state index contributed by atoms with van der Waals surface area (Å²) in [6.45, 7) is 4.80. The third-order valence-corrected chi connectivity index (χ3v) is 3.44. The van der Waals surface area contributed by atoms with Crippen molar-refractivity contribution in [1.82, 2.24) is 4.98 Å². The highest BCUT2D eigenvalue weighted by Crippen LogP contribution is 2.32. The van der Waals surface area contributed by atoms with E-state index in [0.717, 1.165) is 15.4 Å². The van der Waals surface area contributed by atoms with E-state index in [1.165, 1.54) is 0 Å². The summed E-state index contributed by atoms with van der Waals surface area (Å²) in [6, 6.07) is 5.52. The number of nitrogens with zero attached hydrogens (tertiary/aromatic N) is 1. The number of aryl methyl sites for hydroxylation is 1. The van der Waals surface area contributed by atoms with Crippen LogP contribution in [0, 0.1) is 6.92 Å². The molecule has 5 heteroatoms. The molecule has 0 amide bonds. The van der Waals surface area contributed by atoms with Gasteiger partial charge in [0.2, 0.25) is 0 Å². The smallest absolute Gasteiger partial charge is 0.167 e. The second kappa shape index (κ2) is 6.54. The third kappa shape index (κ3) is 3.45. The minimum absolute atomic E-state index is 0.0715. The van der Waals surface area contributed by atoms with E-state index in [4.69, 9.17) is 9.47 Å². The van der Waals surface area contributed by atoms with E-state index in [0.29, 0.717) is 24.7 Å². The van der Waals surface area contributed by atoms with Gasteiger partial charge in [-0.25, -0.2) is 4.98 Å². The van der Waals surface area contributed by atoms with E-state index >= 15 is 0 Å². The minimum Gasteiger partial charge on any atom is -0.490 e. The van der Waals surface area contributed by atoms with E-state index in [9.17, 15) is 5.11 Å². The highest BCUT2D eigenvalue weighted by atomic mass is 32.1. The van der Waals surface area contributed by atoms with E-state index < -0.39 is 0 Å². The van der Waals surface area contributed by atoms with Crippen molar-refractivity contribution in [3.05, 3.63) is 39.8 Å². The highest BCUT2D eigenvalue weighted by Gasteiger charge is 2.11. The van der Waals surface area contributed by atoms with Crippen LogP contribution in [-0.2, 0) is 13.2 Å². The predicted molar refractivity (Wildman–Crippen MR) is 74.7 cm³/mol. The number of benzene rings is 1. The van der Waals surface area contributed by atoms with E-state index in [2.05, 4.69) is 4.98 Å². The maximum Gasteiger partial charge on any atom is 0.167 e. The topological polar surface area (TPSA) is 51.6 Å². The first-order chi connectivity index (χ1) is 9.24. The van der Waals surface area contributed by atoms with Gasteiger partial charge in [-0.2, -0.15) is 0 Å². The van der Waals surface area contributed by atoms with Gasteiger partial charge in [-0.1, -0.05) is 12.1 Å². The van der Waals surface area contributed by atoms with Gasteiger partial charge in [-0.3, -0.25) is 0 Å². The fraction of sp³-hybridized carbons (Fsp3) is 0.357. The van der Waals surface area contributed by atoms with Crippen LogP contribution in [0.4, 0.5) is 0 Å². The predicted octanol–water partition coefficient (Wildman–Crippen LogP) is 2.92. The molecule has 0 radical (unpaired) electrons. The van der Waals surface area contributed by atoms with Crippen molar-refractivity contribution < 1.29 is 14.6 Å². The summed E-state index contributed by atoms with van der Waals surface area (Å²) in [5.74, 6) is 1.27. The summed E-state index contributed by atoms with van der Waals surface area (Å²) >= 11 is 1.60. The molecule has 1 N–H and O–H groups in total. The van der Waals surface area contributed by atoms with Crippen LogP contribution in [0.1, 0.15) is 22.4 Å². The summed E-state index contributed by atoms with van der Waals surface area (Å²) in [5, 5.41) is 10.4. The molecule has 102 valence electrons. The molecule has 1 aromatic carbocycles. The van der Waals surface area contributed by atoms with Crippen molar-refractivity contribution >= 4 is 11.3 Å². The van der Waals surface area contributed by atoms with Crippen molar-refractivity contribution in [1.29, 1.82) is 0 Å². The van der Waals surface area contributed by atoms with Crippen molar-refractivity contribution in [3.63, 3.8) is 0 Å². The summed E-state index contributed by atoms with van der Waals surface area (Å²) in [6.07, 6.45) is 1.81. The molecular formula is C14H17NO3S. The van der Waals surface area contributed by atoms with Gasteiger partial charge in [0, 0.05) is 11.8 Å². The fourth-order valence-corrected chi connectivity index (χ4v) is 2.44. The molecule has 4 nitrogen and oxygen atoms in total. The Balaban J connectivity index is 2.17. The van der Waals surface area contributed by atoms with Crippen LogP contribution in [0.3, 0.4) is 0 Å².